The van der Waals surface area contributed by atoms with E-state index in [1.165, 1.54) is 16.3 Å². The average molecular weight is 670 g/mol. The maximum Gasteiger partial charge on any atom is 0.189 e. The van der Waals surface area contributed by atoms with Gasteiger partial charge < -0.3 is 4.57 Å². The van der Waals surface area contributed by atoms with E-state index in [9.17, 15) is 4.57 Å². The largest absolute Gasteiger partial charge is 0.307 e. The lowest BCUT2D eigenvalue weighted by Crippen LogP contribution is -2.23. The minimum Gasteiger partial charge on any atom is -0.307 e. The zero-order valence-corrected chi connectivity index (χ0v) is 28.3. The van der Waals surface area contributed by atoms with Crippen LogP contribution in [-0.4, -0.2) is 14.4 Å². The molecule has 1 aliphatic heterocycles. The molecule has 7 aromatic carbocycles. The van der Waals surface area contributed by atoms with E-state index >= 15 is 0 Å². The van der Waals surface area contributed by atoms with Crippen molar-refractivity contribution in [2.75, 3.05) is 0 Å². The van der Waals surface area contributed by atoms with Crippen LogP contribution < -0.4 is 16.0 Å². The minimum atomic E-state index is -3.10. The Hall–Kier alpha value is -6.35. The van der Waals surface area contributed by atoms with Gasteiger partial charge in [0, 0.05) is 33.1 Å². The molecule has 51 heavy (non-hydrogen) atoms. The van der Waals surface area contributed by atoms with Gasteiger partial charge in [0.2, 0.25) is 0 Å². The predicted octanol–water partition coefficient (Wildman–Crippen LogP) is 10.3. The Kier molecular flexibility index (Phi) is 5.91. The van der Waals surface area contributed by atoms with Crippen molar-refractivity contribution >= 4 is 72.3 Å². The summed E-state index contributed by atoms with van der Waals surface area (Å²) in [6.07, 6.45) is 1.88. The van der Waals surface area contributed by atoms with Crippen LogP contribution in [-0.2, 0) is 4.57 Å². The summed E-state index contributed by atoms with van der Waals surface area (Å²) in [5.41, 5.74) is 11.1. The van der Waals surface area contributed by atoms with Crippen molar-refractivity contribution in [3.63, 3.8) is 0 Å². The van der Waals surface area contributed by atoms with Crippen LogP contribution >= 0.6 is 7.14 Å². The quantitative estimate of drug-likeness (QED) is 0.139. The molecule has 3 aromatic heterocycles. The van der Waals surface area contributed by atoms with E-state index in [0.717, 1.165) is 76.8 Å². The molecule has 1 aliphatic rings. The molecule has 0 amide bonds. The Bertz CT molecular complexity index is 3060. The zero-order valence-electron chi connectivity index (χ0n) is 27.4. The first kappa shape index (κ1) is 28.5. The molecule has 0 N–H and O–H groups in total. The van der Waals surface area contributed by atoms with Crippen molar-refractivity contribution in [3.8, 4) is 33.4 Å². The van der Waals surface area contributed by atoms with Gasteiger partial charge in [-0.25, -0.2) is 4.98 Å². The highest BCUT2D eigenvalue weighted by atomic mass is 31.2. The average Bonchev–Trinajstić information content (AvgIpc) is 3.71. The number of hydrogen-bond donors (Lipinski definition) is 0. The van der Waals surface area contributed by atoms with E-state index in [4.69, 9.17) is 9.97 Å². The van der Waals surface area contributed by atoms with Crippen LogP contribution in [0.1, 0.15) is 0 Å². The lowest BCUT2D eigenvalue weighted by molar-refractivity contribution is 0.592. The molecule has 0 atom stereocenters. The second kappa shape index (κ2) is 10.6. The van der Waals surface area contributed by atoms with Gasteiger partial charge in [0.25, 0.3) is 0 Å². The number of rotatable bonds is 3. The maximum atomic E-state index is 15.0. The molecule has 0 saturated carbocycles. The topological polar surface area (TPSA) is 47.3 Å². The number of nitrogens with zero attached hydrogens (tertiary/aromatic N) is 3. The van der Waals surface area contributed by atoms with E-state index in [2.05, 4.69) is 126 Å². The summed E-state index contributed by atoms with van der Waals surface area (Å²) in [4.78, 5) is 10.2. The van der Waals surface area contributed by atoms with E-state index in [1.807, 2.05) is 48.7 Å². The molecule has 4 heterocycles. The summed E-state index contributed by atoms with van der Waals surface area (Å²) in [6.45, 7) is 0. The Morgan fingerprint density at radius 1 is 0.490 bits per heavy atom. The third-order valence-corrected chi connectivity index (χ3v) is 13.7. The lowest BCUT2D eigenvalue weighted by atomic mass is 9.97. The smallest absolute Gasteiger partial charge is 0.189 e. The highest BCUT2D eigenvalue weighted by Gasteiger charge is 2.40. The summed E-state index contributed by atoms with van der Waals surface area (Å²) in [5, 5.41) is 7.53. The first-order valence-electron chi connectivity index (χ1n) is 17.2. The highest BCUT2D eigenvalue weighted by molar-refractivity contribution is 7.86. The molecule has 10 aromatic rings. The second-order valence-electron chi connectivity index (χ2n) is 13.3. The van der Waals surface area contributed by atoms with Gasteiger partial charge >= 0.3 is 0 Å². The molecule has 4 nitrogen and oxygen atoms in total. The normalized spacial score (nSPS) is 13.3. The Balaban J connectivity index is 1.13. The molecule has 0 fully saturated rings. The summed E-state index contributed by atoms with van der Waals surface area (Å²) < 4.78 is 17.3. The van der Waals surface area contributed by atoms with E-state index < -0.39 is 7.14 Å². The number of pyridine rings is 2. The molecule has 0 bridgehead atoms. The van der Waals surface area contributed by atoms with Crippen LogP contribution in [0.3, 0.4) is 0 Å². The Labute approximate surface area is 293 Å². The first-order chi connectivity index (χ1) is 25.2. The fraction of sp³-hybridized carbons (Fsp3) is 0. The monoisotopic (exact) mass is 669 g/mol. The zero-order chi connectivity index (χ0) is 33.7. The van der Waals surface area contributed by atoms with Crippen LogP contribution in [0.2, 0.25) is 0 Å². The number of benzene rings is 7. The van der Waals surface area contributed by atoms with Gasteiger partial charge in [-0.15, -0.1) is 0 Å². The maximum absolute atomic E-state index is 15.0. The van der Waals surface area contributed by atoms with Gasteiger partial charge in [0.05, 0.1) is 16.6 Å². The highest BCUT2D eigenvalue weighted by Crippen LogP contribution is 2.51. The van der Waals surface area contributed by atoms with E-state index in [1.54, 1.807) is 0 Å². The molecule has 0 radical (unpaired) electrons. The van der Waals surface area contributed by atoms with Crippen LogP contribution in [0.25, 0.3) is 82.5 Å². The molecule has 11 rings (SSSR count). The van der Waals surface area contributed by atoms with Gasteiger partial charge in [-0.1, -0.05) is 133 Å². The fourth-order valence-electron chi connectivity index (χ4n) is 8.23. The number of aromatic nitrogens is 3. The van der Waals surface area contributed by atoms with Crippen molar-refractivity contribution in [1.82, 2.24) is 14.4 Å². The molecule has 0 unspecified atom stereocenters. The van der Waals surface area contributed by atoms with E-state index in [0.29, 0.717) is 5.44 Å². The van der Waals surface area contributed by atoms with Crippen LogP contribution in [0.4, 0.5) is 0 Å². The number of fused-ring (bicyclic) bond motifs is 13. The lowest BCUT2D eigenvalue weighted by Gasteiger charge is -2.15. The summed E-state index contributed by atoms with van der Waals surface area (Å²) in [5.74, 6) is 0. The van der Waals surface area contributed by atoms with Gasteiger partial charge in [-0.05, 0) is 74.3 Å². The third-order valence-electron chi connectivity index (χ3n) is 10.6. The van der Waals surface area contributed by atoms with E-state index in [-0.39, 0.29) is 0 Å². The molecule has 238 valence electrons. The molecular formula is C46H28N3OP. The molecular weight excluding hydrogens is 642 g/mol. The van der Waals surface area contributed by atoms with Crippen LogP contribution in [0.5, 0.6) is 0 Å². The minimum absolute atomic E-state index is 0.613. The van der Waals surface area contributed by atoms with Crippen molar-refractivity contribution in [2.24, 2.45) is 0 Å². The van der Waals surface area contributed by atoms with Gasteiger partial charge in [0.1, 0.15) is 11.1 Å². The Morgan fingerprint density at radius 2 is 1.18 bits per heavy atom. The Morgan fingerprint density at radius 3 is 1.96 bits per heavy atom. The van der Waals surface area contributed by atoms with Gasteiger partial charge in [-0.2, -0.15) is 0 Å². The molecule has 5 heteroatoms. The van der Waals surface area contributed by atoms with Crippen molar-refractivity contribution < 1.29 is 4.57 Å². The van der Waals surface area contributed by atoms with Crippen molar-refractivity contribution in [3.05, 3.63) is 170 Å². The molecule has 0 saturated heterocycles. The van der Waals surface area contributed by atoms with Gasteiger partial charge in [0.15, 0.2) is 7.14 Å². The van der Waals surface area contributed by atoms with Crippen molar-refractivity contribution in [2.45, 2.75) is 0 Å². The van der Waals surface area contributed by atoms with Crippen LogP contribution in [0, 0.1) is 0 Å². The SMILES string of the molecule is O=P1(c2ccc(-c3ccc4c(c3)c3ccc5ccccc5c3c3nc5ccc(-c6ccccc6)cc5n43)cn2)c2ccccc2-c2ccccc21. The van der Waals surface area contributed by atoms with Gasteiger partial charge in [-0.3, -0.25) is 9.38 Å². The number of imidazole rings is 1. The summed E-state index contributed by atoms with van der Waals surface area (Å²) in [7, 11) is -3.10. The predicted molar refractivity (Wildman–Crippen MR) is 212 cm³/mol. The number of hydrogen-bond acceptors (Lipinski definition) is 3. The first-order valence-corrected chi connectivity index (χ1v) is 18.9. The summed E-state index contributed by atoms with van der Waals surface area (Å²) >= 11 is 0. The third kappa shape index (κ3) is 4.00. The molecule has 0 spiro atoms. The molecule has 0 aliphatic carbocycles. The van der Waals surface area contributed by atoms with Crippen molar-refractivity contribution in [1.29, 1.82) is 0 Å². The second-order valence-corrected chi connectivity index (χ2v) is 16.0. The van der Waals surface area contributed by atoms with Crippen LogP contribution in [0.15, 0.2) is 170 Å². The summed E-state index contributed by atoms with van der Waals surface area (Å²) in [6, 6.07) is 56.8. The fourth-order valence-corrected chi connectivity index (χ4v) is 11.2. The standard InChI is InChI=1S/C46H28N3OP/c50-51(42-16-8-6-14-35(42)36-15-7-9-17-43(36)51)44-25-21-33(28-47-44)31-20-24-40-38(26-31)37-22-18-30-12-4-5-13-34(30)45(37)46-48-39-23-19-32(27-41(39)49(40)46)29-10-2-1-3-11-29/h1-28H.